The average Bonchev–Trinajstić information content (AvgIpc) is 2.74. The fourth-order valence-corrected chi connectivity index (χ4v) is 5.34. The van der Waals surface area contributed by atoms with E-state index < -0.39 is 105 Å². The summed E-state index contributed by atoms with van der Waals surface area (Å²) in [6.45, 7) is 4.40. The molecule has 17 nitrogen and oxygen atoms in total. The van der Waals surface area contributed by atoms with E-state index in [2.05, 4.69) is 13.7 Å². The maximum absolute atomic E-state index is 11.8. The maximum atomic E-state index is 11.8. The number of aliphatic hydroxyl groups is 2. The van der Waals surface area contributed by atoms with Gasteiger partial charge >= 0.3 is 5.97 Å². The summed E-state index contributed by atoms with van der Waals surface area (Å²) in [5, 5.41) is 33.4. The minimum Gasteiger partial charge on any atom is -0.726 e. The van der Waals surface area contributed by atoms with Crippen molar-refractivity contribution in [1.29, 1.82) is 0 Å². The molecule has 0 aromatic rings. The predicted octanol–water partition coefficient (Wildman–Crippen LogP) is -2.51. The first kappa shape index (κ1) is 33.3. The number of hydrogen-bond donors (Lipinski definition) is 4. The lowest BCUT2D eigenvalue weighted by Gasteiger charge is -2.55. The van der Waals surface area contributed by atoms with Crippen molar-refractivity contribution in [1.82, 2.24) is 5.32 Å². The van der Waals surface area contributed by atoms with Gasteiger partial charge in [-0.05, 0) is 26.8 Å². The summed E-state index contributed by atoms with van der Waals surface area (Å²) in [5.74, 6) is -2.98. The zero-order chi connectivity index (χ0) is 30.2. The number of aliphatic carboxylic acids is 1. The molecule has 0 aromatic heterocycles. The van der Waals surface area contributed by atoms with Gasteiger partial charge in [-0.15, -0.1) is 0 Å². The van der Waals surface area contributed by atoms with Crippen LogP contribution in [0.15, 0.2) is 11.8 Å². The van der Waals surface area contributed by atoms with Crippen LogP contribution in [0.5, 0.6) is 0 Å². The molecule has 3 unspecified atom stereocenters. The van der Waals surface area contributed by atoms with Crippen LogP contribution in [-0.4, -0.2) is 115 Å². The summed E-state index contributed by atoms with van der Waals surface area (Å²) in [6.07, 6.45) is -6.14. The van der Waals surface area contributed by atoms with Crippen LogP contribution in [-0.2, 0) is 53.0 Å². The molecule has 0 saturated carbocycles. The lowest BCUT2D eigenvalue weighted by molar-refractivity contribution is -0.255. The highest BCUT2D eigenvalue weighted by Gasteiger charge is 2.57. The van der Waals surface area contributed by atoms with Crippen molar-refractivity contribution in [2.75, 3.05) is 19.8 Å². The summed E-state index contributed by atoms with van der Waals surface area (Å²) in [5.41, 5.74) is -5.04. The average molecular weight is 606 g/mol. The first-order chi connectivity index (χ1) is 17.5. The maximum Gasteiger partial charge on any atom is 0.370 e. The highest BCUT2D eigenvalue weighted by molar-refractivity contribution is 7.81. The van der Waals surface area contributed by atoms with Crippen molar-refractivity contribution in [3.63, 3.8) is 0 Å². The van der Waals surface area contributed by atoms with E-state index in [-0.39, 0.29) is 0 Å². The fourth-order valence-electron chi connectivity index (χ4n) is 4.48. The Labute approximate surface area is 224 Å². The smallest absolute Gasteiger partial charge is 0.370 e. The molecule has 7 atom stereocenters. The Morgan fingerprint density at radius 3 is 2.15 bits per heavy atom. The number of ether oxygens (including phenoxy) is 3. The minimum atomic E-state index is -5.42. The molecule has 39 heavy (non-hydrogen) atoms. The number of carboxylic acids is 1. The van der Waals surface area contributed by atoms with E-state index in [1.807, 2.05) is 0 Å². The van der Waals surface area contributed by atoms with Crippen molar-refractivity contribution in [3.8, 4) is 0 Å². The first-order valence-corrected chi connectivity index (χ1v) is 13.9. The largest absolute Gasteiger partial charge is 0.726 e. The van der Waals surface area contributed by atoms with Crippen molar-refractivity contribution < 1.29 is 73.4 Å². The number of carbonyl (C=O) groups excluding carboxylic acids is 1. The van der Waals surface area contributed by atoms with Gasteiger partial charge in [0.1, 0.15) is 12.2 Å². The molecule has 2 rings (SSSR count). The third-order valence-electron chi connectivity index (χ3n) is 6.46. The zero-order valence-electron chi connectivity index (χ0n) is 21.6. The van der Waals surface area contributed by atoms with Crippen molar-refractivity contribution in [2.45, 2.75) is 76.3 Å². The summed E-state index contributed by atoms with van der Waals surface area (Å²) in [6, 6.07) is -1.09. The van der Waals surface area contributed by atoms with Crippen molar-refractivity contribution in [2.24, 2.45) is 5.41 Å². The monoisotopic (exact) mass is 605 g/mol. The van der Waals surface area contributed by atoms with E-state index in [9.17, 15) is 50.8 Å². The molecular formula is C20H31NO16S2-2. The SMILES string of the molecule is CC(=O)NC1[C@@H](O)[C@](C)(COC[C@@]2(C)OC(C(=O)O)=C[C@H](O)C2OS(=O)(=O)[O-])C(COS(=O)(=O)[O-])OC1(C)C. The van der Waals surface area contributed by atoms with Crippen molar-refractivity contribution in [3.05, 3.63) is 11.8 Å². The van der Waals surface area contributed by atoms with Crippen LogP contribution in [0.4, 0.5) is 0 Å². The van der Waals surface area contributed by atoms with Crippen LogP contribution in [0, 0.1) is 5.41 Å². The Balaban J connectivity index is 2.39. The molecule has 1 saturated heterocycles. The Morgan fingerprint density at radius 1 is 1.08 bits per heavy atom. The Bertz CT molecular complexity index is 1180. The topological polar surface area (TPSA) is 267 Å². The molecular weight excluding hydrogens is 574 g/mol. The summed E-state index contributed by atoms with van der Waals surface area (Å²) in [4.78, 5) is 23.2. The Hall–Kier alpha value is -1.94. The van der Waals surface area contributed by atoms with E-state index in [0.29, 0.717) is 6.08 Å². The van der Waals surface area contributed by atoms with Gasteiger partial charge in [0.05, 0.1) is 43.7 Å². The fraction of sp³-hybridized carbons (Fsp3) is 0.800. The third kappa shape index (κ3) is 8.28. The molecule has 4 N–H and O–H groups in total. The van der Waals surface area contributed by atoms with Gasteiger partial charge < -0.3 is 44.0 Å². The van der Waals surface area contributed by atoms with Gasteiger partial charge in [-0.2, -0.15) is 0 Å². The second-order valence-electron chi connectivity index (χ2n) is 10.2. The molecule has 1 amide bonds. The number of rotatable bonds is 11. The molecule has 0 aliphatic carbocycles. The van der Waals surface area contributed by atoms with Gasteiger partial charge in [0, 0.05) is 12.3 Å². The van der Waals surface area contributed by atoms with Gasteiger partial charge in [-0.1, -0.05) is 6.92 Å². The molecule has 1 fully saturated rings. The normalized spacial score (nSPS) is 35.0. The first-order valence-electron chi connectivity index (χ1n) is 11.3. The van der Waals surface area contributed by atoms with Crippen LogP contribution < -0.4 is 5.32 Å². The van der Waals surface area contributed by atoms with Gasteiger partial charge in [0.2, 0.25) is 32.5 Å². The Kier molecular flexibility index (Phi) is 9.82. The van der Waals surface area contributed by atoms with E-state index in [1.54, 1.807) is 0 Å². The highest BCUT2D eigenvalue weighted by atomic mass is 32.3. The number of aliphatic hydroxyl groups excluding tert-OH is 2. The molecule has 226 valence electrons. The number of carboxylic acid groups (broad SMARTS) is 1. The van der Waals surface area contributed by atoms with Gasteiger partial charge in [-0.25, -0.2) is 21.6 Å². The van der Waals surface area contributed by atoms with E-state index in [0.717, 1.165) is 6.92 Å². The molecule has 0 spiro atoms. The molecule has 2 aliphatic rings. The molecule has 0 aromatic carbocycles. The van der Waals surface area contributed by atoms with Gasteiger partial charge in [0.25, 0.3) is 0 Å². The lowest BCUT2D eigenvalue weighted by Crippen LogP contribution is -2.71. The van der Waals surface area contributed by atoms with Gasteiger partial charge in [-0.3, -0.25) is 13.2 Å². The number of hydrogen-bond acceptors (Lipinski definition) is 15. The minimum absolute atomic E-state index is 0.542. The molecule has 2 aliphatic heterocycles. The molecule has 2 heterocycles. The standard InChI is InChI=1S/C20H33NO16S2/c1-10(22)21-14-15(24)19(4,13(36-18(14,2)3)7-34-38(27,28)29)8-33-9-20(5)16(37-39(30,31)32)11(23)6-12(35-20)17(25)26/h6,11,13-16,23-24H,7-9H2,1-5H3,(H,21,22)(H,25,26)(H,27,28,29)(H,30,31,32)/p-2/t11-,13?,14?,15+,16?,19+,20+/m0/s1. The number of nitrogens with one attached hydrogen (secondary N) is 1. The third-order valence-corrected chi connectivity index (χ3v) is 7.32. The summed E-state index contributed by atoms with van der Waals surface area (Å²) < 4.78 is 92.6. The molecule has 0 bridgehead atoms. The van der Waals surface area contributed by atoms with E-state index >= 15 is 0 Å². The second kappa shape index (κ2) is 11.5. The summed E-state index contributed by atoms with van der Waals surface area (Å²) >= 11 is 0. The second-order valence-corrected chi connectivity index (χ2v) is 12.3. The lowest BCUT2D eigenvalue weighted by atomic mass is 9.70. The van der Waals surface area contributed by atoms with Crippen LogP contribution in [0.25, 0.3) is 0 Å². The Morgan fingerprint density at radius 2 is 1.67 bits per heavy atom. The van der Waals surface area contributed by atoms with E-state index in [1.165, 1.54) is 27.7 Å². The highest BCUT2D eigenvalue weighted by Crippen LogP contribution is 2.42. The van der Waals surface area contributed by atoms with Crippen LogP contribution >= 0.6 is 0 Å². The van der Waals surface area contributed by atoms with Crippen LogP contribution in [0.1, 0.15) is 34.6 Å². The zero-order valence-corrected chi connectivity index (χ0v) is 23.2. The van der Waals surface area contributed by atoms with Crippen LogP contribution in [0.3, 0.4) is 0 Å². The number of amides is 1. The predicted molar refractivity (Wildman–Crippen MR) is 123 cm³/mol. The molecule has 0 radical (unpaired) electrons. The van der Waals surface area contributed by atoms with Crippen LogP contribution in [0.2, 0.25) is 0 Å². The quantitative estimate of drug-likeness (QED) is 0.140. The summed E-state index contributed by atoms with van der Waals surface area (Å²) in [7, 11) is -10.6. The van der Waals surface area contributed by atoms with Gasteiger partial charge in [0.15, 0.2) is 5.60 Å². The number of carbonyl (C=O) groups is 2. The van der Waals surface area contributed by atoms with Crippen molar-refractivity contribution >= 4 is 32.7 Å². The molecule has 19 heteroatoms. The van der Waals surface area contributed by atoms with E-state index in [4.69, 9.17) is 14.2 Å².